The van der Waals surface area contributed by atoms with Gasteiger partial charge in [-0.15, -0.1) is 11.3 Å². The molecule has 0 saturated heterocycles. The van der Waals surface area contributed by atoms with E-state index < -0.39 is 16.1 Å². The first kappa shape index (κ1) is 16.9. The third-order valence-electron chi connectivity index (χ3n) is 3.43. The smallest absolute Gasteiger partial charge is 0.263 e. The lowest BCUT2D eigenvalue weighted by atomic mass is 10.2. The Kier molecular flexibility index (Phi) is 4.62. The van der Waals surface area contributed by atoms with Crippen LogP contribution < -0.4 is 10.0 Å². The lowest BCUT2D eigenvalue weighted by Gasteiger charge is -2.09. The number of hydrogen-bond acceptors (Lipinski definition) is 5. The van der Waals surface area contributed by atoms with Crippen molar-refractivity contribution >= 4 is 44.7 Å². The minimum absolute atomic E-state index is 0.171. The van der Waals surface area contributed by atoms with Crippen LogP contribution in [0.3, 0.4) is 0 Å². The van der Waals surface area contributed by atoms with Crippen molar-refractivity contribution in [1.82, 2.24) is 10.0 Å². The van der Waals surface area contributed by atoms with E-state index in [0.717, 1.165) is 4.88 Å². The maximum Gasteiger partial charge on any atom is 0.263 e. The van der Waals surface area contributed by atoms with Gasteiger partial charge in [0.15, 0.2) is 0 Å². The van der Waals surface area contributed by atoms with Gasteiger partial charge in [-0.1, -0.05) is 23.7 Å². The number of thiophene rings is 1. The summed E-state index contributed by atoms with van der Waals surface area (Å²) in [6.45, 7) is 1.96. The molecule has 0 bridgehead atoms. The van der Waals surface area contributed by atoms with Crippen molar-refractivity contribution in [3.05, 3.63) is 51.2 Å². The molecule has 2 N–H and O–H groups in total. The van der Waals surface area contributed by atoms with Gasteiger partial charge in [0.25, 0.3) is 10.0 Å². The fourth-order valence-electron chi connectivity index (χ4n) is 2.25. The molecule has 1 aliphatic rings. The van der Waals surface area contributed by atoms with Gasteiger partial charge in [-0.2, -0.15) is 0 Å². The summed E-state index contributed by atoms with van der Waals surface area (Å²) in [7, 11) is -3.60. The van der Waals surface area contributed by atoms with Crippen molar-refractivity contribution in [2.45, 2.75) is 24.4 Å². The number of carbonyl (C=O) groups is 1. The monoisotopic (exact) mass is 383 g/mol. The summed E-state index contributed by atoms with van der Waals surface area (Å²) in [6, 6.07) is 9.40. The van der Waals surface area contributed by atoms with Crippen LogP contribution >= 0.6 is 22.9 Å². The fourth-order valence-corrected chi connectivity index (χ4v) is 4.52. The van der Waals surface area contributed by atoms with Crippen LogP contribution in [0.4, 0.5) is 0 Å². The molecule has 1 atom stereocenters. The van der Waals surface area contributed by atoms with E-state index >= 15 is 0 Å². The second kappa shape index (κ2) is 6.54. The van der Waals surface area contributed by atoms with Crippen LogP contribution in [0.5, 0.6) is 0 Å². The van der Waals surface area contributed by atoms with E-state index in [1.54, 1.807) is 31.2 Å². The van der Waals surface area contributed by atoms with Crippen LogP contribution in [-0.4, -0.2) is 26.2 Å². The van der Waals surface area contributed by atoms with Gasteiger partial charge >= 0.3 is 0 Å². The summed E-state index contributed by atoms with van der Waals surface area (Å²) < 4.78 is 27.1. The topological polar surface area (TPSA) is 87.6 Å². The third-order valence-corrected chi connectivity index (χ3v) is 6.06. The highest BCUT2D eigenvalue weighted by molar-refractivity contribution is 7.90. The van der Waals surface area contributed by atoms with Gasteiger partial charge in [0.05, 0.1) is 15.8 Å². The number of aliphatic imine (C=N–C) groups is 1. The van der Waals surface area contributed by atoms with E-state index in [1.807, 2.05) is 6.07 Å². The molecule has 1 aromatic heterocycles. The van der Waals surface area contributed by atoms with Crippen LogP contribution in [0.25, 0.3) is 0 Å². The molecule has 2 heterocycles. The number of carbonyl (C=O) groups excluding carboxylic acids is 1. The minimum atomic E-state index is -3.60. The Morgan fingerprint density at radius 2 is 2.08 bits per heavy atom. The molecular weight excluding hydrogens is 370 g/mol. The van der Waals surface area contributed by atoms with Gasteiger partial charge in [-0.05, 0) is 31.2 Å². The molecule has 0 unspecified atom stereocenters. The van der Waals surface area contributed by atoms with E-state index in [4.69, 9.17) is 11.6 Å². The zero-order valence-corrected chi connectivity index (χ0v) is 15.0. The molecule has 1 aliphatic heterocycles. The van der Waals surface area contributed by atoms with E-state index in [9.17, 15) is 13.2 Å². The molecule has 2 aromatic rings. The molecule has 0 fully saturated rings. The number of rotatable bonds is 4. The van der Waals surface area contributed by atoms with E-state index in [2.05, 4.69) is 15.0 Å². The van der Waals surface area contributed by atoms with Gasteiger partial charge in [-0.25, -0.2) is 8.42 Å². The van der Waals surface area contributed by atoms with Gasteiger partial charge in [0, 0.05) is 10.4 Å². The standard InChI is InChI=1S/C15H14ClN3O3S2/c1-9(15(20)17-8-10-6-7-13(16)23-10)18-14-11-4-2-3-5-12(11)24(21,22)19-14/h2-7,9H,8H2,1H3,(H,17,20)(H,18,19)/t9-/m0/s1. The molecule has 0 radical (unpaired) electrons. The molecule has 1 amide bonds. The van der Waals surface area contributed by atoms with Crippen molar-refractivity contribution in [1.29, 1.82) is 0 Å². The van der Waals surface area contributed by atoms with Crippen molar-refractivity contribution in [3.63, 3.8) is 0 Å². The zero-order chi connectivity index (χ0) is 17.3. The Hall–Kier alpha value is -1.90. The predicted molar refractivity (Wildman–Crippen MR) is 93.9 cm³/mol. The summed E-state index contributed by atoms with van der Waals surface area (Å²) in [5.74, 6) is -0.108. The summed E-state index contributed by atoms with van der Waals surface area (Å²) in [6.07, 6.45) is 0. The zero-order valence-electron chi connectivity index (χ0n) is 12.6. The van der Waals surface area contributed by atoms with E-state index in [1.165, 1.54) is 17.4 Å². The SMILES string of the molecule is C[C@H](N=C1NS(=O)(=O)c2ccccc21)C(=O)NCc1ccc(Cl)s1. The highest BCUT2D eigenvalue weighted by atomic mass is 35.5. The summed E-state index contributed by atoms with van der Waals surface area (Å²) in [4.78, 5) is 17.5. The van der Waals surface area contributed by atoms with E-state index in [-0.39, 0.29) is 16.6 Å². The lowest BCUT2D eigenvalue weighted by molar-refractivity contribution is -0.122. The molecule has 6 nitrogen and oxygen atoms in total. The van der Waals surface area contributed by atoms with Gasteiger partial charge in [-0.3, -0.25) is 14.5 Å². The Morgan fingerprint density at radius 1 is 1.33 bits per heavy atom. The molecule has 1 aromatic carbocycles. The number of nitrogens with zero attached hydrogens (tertiary/aromatic N) is 1. The van der Waals surface area contributed by atoms with Gasteiger partial charge in [0.1, 0.15) is 11.9 Å². The highest BCUT2D eigenvalue weighted by Gasteiger charge is 2.31. The molecule has 24 heavy (non-hydrogen) atoms. The van der Waals surface area contributed by atoms with Crippen LogP contribution in [-0.2, 0) is 21.4 Å². The normalized spacial score (nSPS) is 18.0. The van der Waals surface area contributed by atoms with Crippen LogP contribution in [0.15, 0.2) is 46.3 Å². The van der Waals surface area contributed by atoms with Crippen molar-refractivity contribution < 1.29 is 13.2 Å². The van der Waals surface area contributed by atoms with Crippen LogP contribution in [0.2, 0.25) is 4.34 Å². The van der Waals surface area contributed by atoms with Crippen molar-refractivity contribution in [3.8, 4) is 0 Å². The first-order valence-corrected chi connectivity index (χ1v) is 9.76. The number of amides is 1. The molecule has 0 spiro atoms. The third kappa shape index (κ3) is 3.45. The van der Waals surface area contributed by atoms with Gasteiger partial charge < -0.3 is 5.32 Å². The summed E-state index contributed by atoms with van der Waals surface area (Å²) in [5, 5.41) is 2.76. The molecular formula is C15H14ClN3O3S2. The first-order valence-electron chi connectivity index (χ1n) is 7.09. The number of halogens is 1. The largest absolute Gasteiger partial charge is 0.349 e. The van der Waals surface area contributed by atoms with Crippen LogP contribution in [0, 0.1) is 0 Å². The number of amidine groups is 1. The number of nitrogens with one attached hydrogen (secondary N) is 2. The number of hydrogen-bond donors (Lipinski definition) is 2. The average Bonchev–Trinajstić information content (AvgIpc) is 3.07. The number of benzene rings is 1. The Bertz CT molecular complexity index is 922. The first-order chi connectivity index (χ1) is 11.4. The summed E-state index contributed by atoms with van der Waals surface area (Å²) >= 11 is 7.23. The summed E-state index contributed by atoms with van der Waals surface area (Å²) in [5.41, 5.74) is 0.474. The minimum Gasteiger partial charge on any atom is -0.349 e. The van der Waals surface area contributed by atoms with Crippen molar-refractivity contribution in [2.24, 2.45) is 4.99 Å². The Balaban J connectivity index is 1.73. The molecule has 0 saturated carbocycles. The second-order valence-corrected chi connectivity index (χ2v) is 8.63. The predicted octanol–water partition coefficient (Wildman–Crippen LogP) is 2.14. The van der Waals surface area contributed by atoms with Gasteiger partial charge in [0.2, 0.25) is 5.91 Å². The molecule has 126 valence electrons. The molecule has 3 rings (SSSR count). The van der Waals surface area contributed by atoms with Crippen LogP contribution in [0.1, 0.15) is 17.4 Å². The average molecular weight is 384 g/mol. The molecule has 0 aliphatic carbocycles. The second-order valence-electron chi connectivity index (χ2n) is 5.18. The number of sulfonamides is 1. The maximum atomic E-state index is 12.2. The molecule has 9 heteroatoms. The maximum absolute atomic E-state index is 12.2. The Morgan fingerprint density at radius 3 is 2.79 bits per heavy atom. The fraction of sp³-hybridized carbons (Fsp3) is 0.200. The Labute approximate surface area is 148 Å². The lowest BCUT2D eigenvalue weighted by Crippen LogP contribution is -2.33. The number of fused-ring (bicyclic) bond motifs is 1. The van der Waals surface area contributed by atoms with E-state index in [0.29, 0.717) is 16.4 Å². The van der Waals surface area contributed by atoms with Crippen molar-refractivity contribution in [2.75, 3.05) is 0 Å². The highest BCUT2D eigenvalue weighted by Crippen LogP contribution is 2.23. The quantitative estimate of drug-likeness (QED) is 0.847.